The molecule has 20 heavy (non-hydrogen) atoms. The van der Waals surface area contributed by atoms with E-state index in [0.717, 1.165) is 36.8 Å². The Bertz CT molecular complexity index is 540. The number of aryl methyl sites for hydroxylation is 1. The van der Waals surface area contributed by atoms with Crippen molar-refractivity contribution in [3.05, 3.63) is 35.4 Å². The van der Waals surface area contributed by atoms with Crippen molar-refractivity contribution < 1.29 is 8.42 Å². The topological polar surface area (TPSA) is 72.2 Å². The van der Waals surface area contributed by atoms with E-state index in [1.54, 1.807) is 0 Å². The highest BCUT2D eigenvalue weighted by molar-refractivity contribution is 7.88. The molecule has 1 aromatic carbocycles. The average molecular weight is 319 g/mol. The average Bonchev–Trinajstić information content (AvgIpc) is 2.76. The smallest absolute Gasteiger partial charge is 0.216 e. The lowest BCUT2D eigenvalue weighted by molar-refractivity contribution is 0.399. The lowest BCUT2D eigenvalue weighted by Crippen LogP contribution is -2.51. The highest BCUT2D eigenvalue weighted by Crippen LogP contribution is 2.29. The summed E-state index contributed by atoms with van der Waals surface area (Å²) in [6, 6.07) is 7.59. The monoisotopic (exact) mass is 318 g/mol. The van der Waals surface area contributed by atoms with Crippen LogP contribution in [0, 0.1) is 6.92 Å². The van der Waals surface area contributed by atoms with Gasteiger partial charge in [-0.1, -0.05) is 42.7 Å². The number of nitrogens with one attached hydrogen (secondary N) is 1. The minimum atomic E-state index is -3.34. The fourth-order valence-electron chi connectivity index (χ4n) is 2.79. The number of nitrogens with two attached hydrogens (primary N) is 1. The summed E-state index contributed by atoms with van der Waals surface area (Å²) < 4.78 is 27.4. The second-order valence-corrected chi connectivity index (χ2v) is 7.26. The van der Waals surface area contributed by atoms with Gasteiger partial charge >= 0.3 is 0 Å². The molecule has 0 aromatic heterocycles. The highest BCUT2D eigenvalue weighted by Gasteiger charge is 2.36. The van der Waals surface area contributed by atoms with Crippen molar-refractivity contribution in [1.29, 1.82) is 0 Å². The molecule has 1 aliphatic carbocycles. The lowest BCUT2D eigenvalue weighted by Gasteiger charge is -2.28. The first-order chi connectivity index (χ1) is 8.95. The predicted molar refractivity (Wildman–Crippen MR) is 84.4 cm³/mol. The third-order valence-electron chi connectivity index (χ3n) is 3.76. The summed E-state index contributed by atoms with van der Waals surface area (Å²) >= 11 is 0. The van der Waals surface area contributed by atoms with Gasteiger partial charge in [0.2, 0.25) is 10.0 Å². The maximum Gasteiger partial charge on any atom is 0.216 e. The molecule has 1 aliphatic rings. The van der Waals surface area contributed by atoms with E-state index in [0.29, 0.717) is 6.54 Å². The minimum absolute atomic E-state index is 0. The van der Waals surface area contributed by atoms with E-state index in [-0.39, 0.29) is 18.2 Å². The molecule has 0 saturated heterocycles. The Morgan fingerprint density at radius 1 is 1.30 bits per heavy atom. The van der Waals surface area contributed by atoms with E-state index in [2.05, 4.69) is 4.72 Å². The molecule has 0 heterocycles. The standard InChI is InChI=1S/C14H22N2O2S.ClH/c1-12-5-4-6-13(9-12)10-19(17,18)16-14(11-15)7-2-3-8-14;/h4-6,9,16H,2-3,7-8,10-11,15H2,1H3;1H. The highest BCUT2D eigenvalue weighted by atomic mass is 35.5. The number of rotatable bonds is 5. The molecule has 0 radical (unpaired) electrons. The summed E-state index contributed by atoms with van der Waals surface area (Å²) in [7, 11) is -3.34. The summed E-state index contributed by atoms with van der Waals surface area (Å²) in [5.74, 6) is 0.0242. The quantitative estimate of drug-likeness (QED) is 0.873. The predicted octanol–water partition coefficient (Wildman–Crippen LogP) is 2.11. The maximum atomic E-state index is 12.3. The van der Waals surface area contributed by atoms with Crippen molar-refractivity contribution >= 4 is 22.4 Å². The van der Waals surface area contributed by atoms with Crippen LogP contribution in [0.5, 0.6) is 0 Å². The first-order valence-electron chi connectivity index (χ1n) is 6.72. The first-order valence-corrected chi connectivity index (χ1v) is 8.37. The molecule has 0 bridgehead atoms. The van der Waals surface area contributed by atoms with Gasteiger partial charge in [0.05, 0.1) is 5.75 Å². The SMILES string of the molecule is Cc1cccc(CS(=O)(=O)NC2(CN)CCCC2)c1.Cl. The molecule has 4 nitrogen and oxygen atoms in total. The zero-order valence-electron chi connectivity index (χ0n) is 11.8. The third kappa shape index (κ3) is 4.45. The Balaban J connectivity index is 0.00000200. The zero-order valence-corrected chi connectivity index (χ0v) is 13.4. The normalized spacial score (nSPS) is 17.7. The molecule has 1 fully saturated rings. The van der Waals surface area contributed by atoms with Gasteiger partial charge in [-0.2, -0.15) is 0 Å². The van der Waals surface area contributed by atoms with Gasteiger partial charge in [0.25, 0.3) is 0 Å². The number of halogens is 1. The summed E-state index contributed by atoms with van der Waals surface area (Å²) in [6.07, 6.45) is 3.78. The molecule has 6 heteroatoms. The second kappa shape index (κ2) is 6.89. The van der Waals surface area contributed by atoms with Crippen LogP contribution in [0.3, 0.4) is 0 Å². The Morgan fingerprint density at radius 2 is 1.95 bits per heavy atom. The molecular formula is C14H23ClN2O2S. The maximum absolute atomic E-state index is 12.3. The number of benzene rings is 1. The van der Waals surface area contributed by atoms with Crippen molar-refractivity contribution in [3.8, 4) is 0 Å². The molecule has 0 atom stereocenters. The van der Waals surface area contributed by atoms with Gasteiger partial charge in [-0.25, -0.2) is 13.1 Å². The third-order valence-corrected chi connectivity index (χ3v) is 5.22. The number of hydrogen-bond acceptors (Lipinski definition) is 3. The van der Waals surface area contributed by atoms with Crippen LogP contribution >= 0.6 is 12.4 Å². The molecule has 3 N–H and O–H groups in total. The molecule has 114 valence electrons. The van der Waals surface area contributed by atoms with Gasteiger partial charge in [-0.05, 0) is 25.3 Å². The number of hydrogen-bond donors (Lipinski definition) is 2. The summed E-state index contributed by atoms with van der Waals surface area (Å²) in [5, 5.41) is 0. The first kappa shape index (κ1) is 17.4. The summed E-state index contributed by atoms with van der Waals surface area (Å²) in [5.41, 5.74) is 7.24. The Hall–Kier alpha value is -0.620. The van der Waals surface area contributed by atoms with Crippen LogP contribution in [0.2, 0.25) is 0 Å². The zero-order chi connectivity index (χ0) is 13.9. The van der Waals surface area contributed by atoms with E-state index in [1.807, 2.05) is 31.2 Å². The van der Waals surface area contributed by atoms with E-state index in [1.165, 1.54) is 0 Å². The Kier molecular flexibility index (Phi) is 6.01. The van der Waals surface area contributed by atoms with Crippen LogP contribution in [0.15, 0.2) is 24.3 Å². The van der Waals surface area contributed by atoms with Crippen LogP contribution in [-0.4, -0.2) is 20.5 Å². The summed E-state index contributed by atoms with van der Waals surface area (Å²) in [6.45, 7) is 2.34. The largest absolute Gasteiger partial charge is 0.329 e. The van der Waals surface area contributed by atoms with Crippen LogP contribution in [0.1, 0.15) is 36.8 Å². The van der Waals surface area contributed by atoms with Crippen LogP contribution < -0.4 is 10.5 Å². The lowest BCUT2D eigenvalue weighted by atomic mass is 10.0. The van der Waals surface area contributed by atoms with E-state index in [9.17, 15) is 8.42 Å². The molecule has 1 saturated carbocycles. The fraction of sp³-hybridized carbons (Fsp3) is 0.571. The second-order valence-electron chi connectivity index (χ2n) is 5.54. The molecule has 0 aliphatic heterocycles. The van der Waals surface area contributed by atoms with Gasteiger partial charge in [0.15, 0.2) is 0 Å². The van der Waals surface area contributed by atoms with Gasteiger partial charge in [0.1, 0.15) is 0 Å². The minimum Gasteiger partial charge on any atom is -0.329 e. The van der Waals surface area contributed by atoms with Crippen molar-refractivity contribution in [2.75, 3.05) is 6.54 Å². The van der Waals surface area contributed by atoms with E-state index >= 15 is 0 Å². The van der Waals surface area contributed by atoms with Crippen LogP contribution in [-0.2, 0) is 15.8 Å². The van der Waals surface area contributed by atoms with Gasteiger partial charge in [-0.15, -0.1) is 12.4 Å². The molecular weight excluding hydrogens is 296 g/mol. The van der Waals surface area contributed by atoms with E-state index in [4.69, 9.17) is 5.73 Å². The molecule has 1 aromatic rings. The molecule has 2 rings (SSSR count). The van der Waals surface area contributed by atoms with Gasteiger partial charge in [0, 0.05) is 12.1 Å². The molecule has 0 unspecified atom stereocenters. The van der Waals surface area contributed by atoms with E-state index < -0.39 is 15.6 Å². The van der Waals surface area contributed by atoms with Crippen molar-refractivity contribution in [2.24, 2.45) is 5.73 Å². The molecule has 0 spiro atoms. The van der Waals surface area contributed by atoms with Crippen LogP contribution in [0.4, 0.5) is 0 Å². The summed E-state index contributed by atoms with van der Waals surface area (Å²) in [4.78, 5) is 0. The van der Waals surface area contributed by atoms with Crippen molar-refractivity contribution in [1.82, 2.24) is 4.72 Å². The van der Waals surface area contributed by atoms with Gasteiger partial charge < -0.3 is 5.73 Å². The van der Waals surface area contributed by atoms with Crippen molar-refractivity contribution in [3.63, 3.8) is 0 Å². The Morgan fingerprint density at radius 3 is 2.50 bits per heavy atom. The van der Waals surface area contributed by atoms with Crippen LogP contribution in [0.25, 0.3) is 0 Å². The molecule has 0 amide bonds. The van der Waals surface area contributed by atoms with Crippen molar-refractivity contribution in [2.45, 2.75) is 43.9 Å². The fourth-order valence-corrected chi connectivity index (χ4v) is 4.42. The Labute approximate surface area is 127 Å². The number of sulfonamides is 1. The van der Waals surface area contributed by atoms with Gasteiger partial charge in [-0.3, -0.25) is 0 Å².